The van der Waals surface area contributed by atoms with Crippen molar-refractivity contribution in [2.45, 2.75) is 71.7 Å². The van der Waals surface area contributed by atoms with Crippen molar-refractivity contribution in [3.05, 3.63) is 0 Å². The van der Waals surface area contributed by atoms with Crippen molar-refractivity contribution in [2.24, 2.45) is 11.8 Å². The summed E-state index contributed by atoms with van der Waals surface area (Å²) in [5.41, 5.74) is 0. The maximum absolute atomic E-state index is 11.9. The fraction of sp³-hybridized carbons (Fsp3) is 0.882. The molecule has 0 spiro atoms. The van der Waals surface area contributed by atoms with Gasteiger partial charge in [0.15, 0.2) is 12.4 Å². The average molecular weight is 344 g/mol. The van der Waals surface area contributed by atoms with Crippen molar-refractivity contribution >= 4 is 11.9 Å². The summed E-state index contributed by atoms with van der Waals surface area (Å²) in [6.07, 6.45) is -0.974. The lowest BCUT2D eigenvalue weighted by molar-refractivity contribution is -0.198. The fourth-order valence-corrected chi connectivity index (χ4v) is 2.28. The highest BCUT2D eigenvalue weighted by Crippen LogP contribution is 2.26. The Hall–Kier alpha value is -1.18. The molecular formula is C17H28O7. The molecule has 2 aliphatic heterocycles. The largest absolute Gasteiger partial charge is 0.458 e. The first-order chi connectivity index (χ1) is 11.3. The molecule has 24 heavy (non-hydrogen) atoms. The molecular weight excluding hydrogens is 316 g/mol. The number of ether oxygens (including phenoxy) is 5. The first-order valence-electron chi connectivity index (χ1n) is 8.57. The SMILES string of the molecule is CC(C)C(=O)O[C@H]1CO[C@H](COC2OC2C)C[C@@H]1OC(=O)C(C)C. The molecule has 7 heteroatoms. The number of carbonyl (C=O) groups is 2. The minimum absolute atomic E-state index is 0.114. The molecule has 7 nitrogen and oxygen atoms in total. The van der Waals surface area contributed by atoms with Gasteiger partial charge in [-0.25, -0.2) is 0 Å². The molecule has 2 fully saturated rings. The highest BCUT2D eigenvalue weighted by atomic mass is 16.8. The molecule has 2 aliphatic rings. The second-order valence-corrected chi connectivity index (χ2v) is 6.99. The van der Waals surface area contributed by atoms with E-state index >= 15 is 0 Å². The van der Waals surface area contributed by atoms with Crippen molar-refractivity contribution in [3.8, 4) is 0 Å². The van der Waals surface area contributed by atoms with Gasteiger partial charge in [0.25, 0.3) is 0 Å². The van der Waals surface area contributed by atoms with Crippen LogP contribution < -0.4 is 0 Å². The Labute approximate surface area is 142 Å². The molecule has 138 valence electrons. The quantitative estimate of drug-likeness (QED) is 0.513. The van der Waals surface area contributed by atoms with Crippen LogP contribution in [0.3, 0.4) is 0 Å². The highest BCUT2D eigenvalue weighted by molar-refractivity contribution is 5.72. The summed E-state index contributed by atoms with van der Waals surface area (Å²) in [5, 5.41) is 0. The molecule has 2 rings (SSSR count). The molecule has 2 saturated heterocycles. The topological polar surface area (TPSA) is 83.6 Å². The van der Waals surface area contributed by atoms with Crippen molar-refractivity contribution in [1.29, 1.82) is 0 Å². The minimum atomic E-state index is -0.588. The Morgan fingerprint density at radius 3 is 2.08 bits per heavy atom. The lowest BCUT2D eigenvalue weighted by Gasteiger charge is -2.35. The van der Waals surface area contributed by atoms with E-state index < -0.39 is 12.2 Å². The van der Waals surface area contributed by atoms with Gasteiger partial charge >= 0.3 is 11.9 Å². The number of rotatable bonds is 7. The van der Waals surface area contributed by atoms with Gasteiger partial charge in [0.2, 0.25) is 0 Å². The van der Waals surface area contributed by atoms with Crippen LogP contribution in [0, 0.1) is 11.8 Å². The van der Waals surface area contributed by atoms with E-state index in [1.165, 1.54) is 0 Å². The Bertz CT molecular complexity index is 448. The van der Waals surface area contributed by atoms with Gasteiger partial charge in [0, 0.05) is 6.42 Å². The first-order valence-corrected chi connectivity index (χ1v) is 8.57. The number of hydrogen-bond acceptors (Lipinski definition) is 7. The predicted molar refractivity (Wildman–Crippen MR) is 84.1 cm³/mol. The summed E-state index contributed by atoms with van der Waals surface area (Å²) in [5.74, 6) is -1.14. The number of carbonyl (C=O) groups excluding carboxylic acids is 2. The number of hydrogen-bond donors (Lipinski definition) is 0. The summed E-state index contributed by atoms with van der Waals surface area (Å²) in [4.78, 5) is 23.8. The van der Waals surface area contributed by atoms with Crippen molar-refractivity contribution < 1.29 is 33.3 Å². The Morgan fingerprint density at radius 1 is 1.04 bits per heavy atom. The summed E-state index contributed by atoms with van der Waals surface area (Å²) < 4.78 is 27.5. The summed E-state index contributed by atoms with van der Waals surface area (Å²) in [7, 11) is 0. The lowest BCUT2D eigenvalue weighted by Crippen LogP contribution is -2.48. The van der Waals surface area contributed by atoms with E-state index in [4.69, 9.17) is 23.7 Å². The Morgan fingerprint density at radius 2 is 1.58 bits per heavy atom. The van der Waals surface area contributed by atoms with Crippen LogP contribution in [-0.2, 0) is 33.3 Å². The molecule has 0 bridgehead atoms. The van der Waals surface area contributed by atoms with Crippen molar-refractivity contribution in [1.82, 2.24) is 0 Å². The second-order valence-electron chi connectivity index (χ2n) is 6.99. The van der Waals surface area contributed by atoms with Crippen molar-refractivity contribution in [2.75, 3.05) is 13.2 Å². The maximum Gasteiger partial charge on any atom is 0.308 e. The average Bonchev–Trinajstić information content (AvgIpc) is 3.22. The van der Waals surface area contributed by atoms with Crippen LogP contribution in [0.25, 0.3) is 0 Å². The molecule has 0 aliphatic carbocycles. The third kappa shape index (κ3) is 5.43. The van der Waals surface area contributed by atoms with Gasteiger partial charge in [-0.2, -0.15) is 0 Å². The third-order valence-corrected chi connectivity index (χ3v) is 3.99. The third-order valence-electron chi connectivity index (χ3n) is 3.99. The molecule has 0 aromatic rings. The van der Waals surface area contributed by atoms with Crippen LogP contribution in [0.4, 0.5) is 0 Å². The normalized spacial score (nSPS) is 32.7. The van der Waals surface area contributed by atoms with Crippen LogP contribution >= 0.6 is 0 Å². The predicted octanol–water partition coefficient (Wildman–Crippen LogP) is 1.67. The molecule has 2 unspecified atom stereocenters. The van der Waals surface area contributed by atoms with Gasteiger partial charge in [-0.05, 0) is 6.92 Å². The van der Waals surface area contributed by atoms with E-state index in [0.717, 1.165) is 0 Å². The van der Waals surface area contributed by atoms with Crippen LogP contribution in [0.1, 0.15) is 41.0 Å². The number of epoxide rings is 1. The van der Waals surface area contributed by atoms with E-state index in [9.17, 15) is 9.59 Å². The zero-order valence-corrected chi connectivity index (χ0v) is 15.0. The van der Waals surface area contributed by atoms with E-state index in [-0.39, 0.29) is 48.9 Å². The summed E-state index contributed by atoms with van der Waals surface area (Å²) >= 11 is 0. The van der Waals surface area contributed by atoms with Crippen LogP contribution in [0.2, 0.25) is 0 Å². The number of esters is 2. The van der Waals surface area contributed by atoms with E-state index in [1.54, 1.807) is 27.7 Å². The smallest absolute Gasteiger partial charge is 0.308 e. The standard InChI is InChI=1S/C17H28O7/c1-9(2)15(18)23-13-6-12(7-21-17-11(5)22-17)20-8-14(13)24-16(19)10(3)4/h9-14,17H,6-8H2,1-5H3/t11?,12-,13-,14-,17?/m0/s1. The molecule has 0 amide bonds. The lowest BCUT2D eigenvalue weighted by atomic mass is 10.0. The highest BCUT2D eigenvalue weighted by Gasteiger charge is 2.40. The van der Waals surface area contributed by atoms with Crippen LogP contribution in [0.5, 0.6) is 0 Å². The molecule has 0 radical (unpaired) electrons. The minimum Gasteiger partial charge on any atom is -0.458 e. The van der Waals surface area contributed by atoms with Gasteiger partial charge in [-0.1, -0.05) is 27.7 Å². The summed E-state index contributed by atoms with van der Waals surface area (Å²) in [6.45, 7) is 9.52. The van der Waals surface area contributed by atoms with Crippen LogP contribution in [-0.4, -0.2) is 55.9 Å². The molecule has 5 atom stereocenters. The Kier molecular flexibility index (Phi) is 6.60. The van der Waals surface area contributed by atoms with E-state index in [0.29, 0.717) is 13.0 Å². The summed E-state index contributed by atoms with van der Waals surface area (Å²) in [6, 6.07) is 0. The van der Waals surface area contributed by atoms with Gasteiger partial charge in [-0.15, -0.1) is 0 Å². The monoisotopic (exact) mass is 344 g/mol. The van der Waals surface area contributed by atoms with E-state index in [2.05, 4.69) is 0 Å². The second kappa shape index (κ2) is 8.27. The van der Waals surface area contributed by atoms with Gasteiger partial charge in [0.05, 0.1) is 31.2 Å². The van der Waals surface area contributed by atoms with E-state index in [1.807, 2.05) is 6.92 Å². The first kappa shape index (κ1) is 19.1. The molecule has 0 saturated carbocycles. The molecule has 0 N–H and O–H groups in total. The molecule has 0 aromatic heterocycles. The maximum atomic E-state index is 11.9. The zero-order valence-electron chi connectivity index (χ0n) is 15.0. The molecule has 2 heterocycles. The van der Waals surface area contributed by atoms with Gasteiger partial charge in [-0.3, -0.25) is 9.59 Å². The Balaban J connectivity index is 1.91. The van der Waals surface area contributed by atoms with Gasteiger partial charge < -0.3 is 23.7 Å². The fourth-order valence-electron chi connectivity index (χ4n) is 2.28. The molecule has 0 aromatic carbocycles. The van der Waals surface area contributed by atoms with Crippen LogP contribution in [0.15, 0.2) is 0 Å². The van der Waals surface area contributed by atoms with Crippen molar-refractivity contribution in [3.63, 3.8) is 0 Å². The van der Waals surface area contributed by atoms with Gasteiger partial charge in [0.1, 0.15) is 12.2 Å². The zero-order chi connectivity index (χ0) is 17.9.